The Hall–Kier alpha value is -2.61. The lowest BCUT2D eigenvalue weighted by atomic mass is 10.1. The van der Waals surface area contributed by atoms with Crippen LogP contribution in [0.2, 0.25) is 0 Å². The minimum atomic E-state index is -2.84. The van der Waals surface area contributed by atoms with Crippen molar-refractivity contribution >= 4 is 42.3 Å². The first-order valence-electron chi connectivity index (χ1n) is 7.17. The summed E-state index contributed by atoms with van der Waals surface area (Å²) < 4.78 is 17.7. The molecule has 8 nitrogen and oxygen atoms in total. The zero-order valence-electron chi connectivity index (χ0n) is 12.8. The van der Waals surface area contributed by atoms with Crippen LogP contribution in [0.5, 0.6) is 0 Å². The Labute approximate surface area is 146 Å². The van der Waals surface area contributed by atoms with Gasteiger partial charge in [0, 0.05) is 16.4 Å². The number of benzene rings is 1. The van der Waals surface area contributed by atoms with Crippen LogP contribution in [-0.2, 0) is 4.57 Å². The standard InChI is InChI=1S/C15H11N4O4PS/c1-8-16-14(23-18-8)11-7-25-15(17-11)13(20)10-6-19(24(21)22)12-5-3-2-4-9(10)12/h2-7,17,20H,1H3. The van der Waals surface area contributed by atoms with Crippen LogP contribution < -0.4 is 10.2 Å². The third-order valence-electron chi connectivity index (χ3n) is 3.64. The quantitative estimate of drug-likeness (QED) is 0.531. The van der Waals surface area contributed by atoms with Gasteiger partial charge in [-0.25, -0.2) is 0 Å². The molecule has 1 aliphatic heterocycles. The number of rotatable bonds is 3. The van der Waals surface area contributed by atoms with Gasteiger partial charge in [-0.1, -0.05) is 35.1 Å². The van der Waals surface area contributed by atoms with Gasteiger partial charge in [0.05, 0.1) is 11.7 Å². The number of thioether (sulfide) groups is 1. The highest BCUT2D eigenvalue weighted by Gasteiger charge is 2.24. The lowest BCUT2D eigenvalue weighted by Crippen LogP contribution is -2.07. The average molecular weight is 374 g/mol. The predicted octanol–water partition coefficient (Wildman–Crippen LogP) is 2.72. The van der Waals surface area contributed by atoms with Gasteiger partial charge >= 0.3 is 8.18 Å². The van der Waals surface area contributed by atoms with Gasteiger partial charge in [-0.3, -0.25) is 0 Å². The molecular formula is C15H11N4O4PS. The van der Waals surface area contributed by atoms with E-state index in [9.17, 15) is 14.6 Å². The maximum atomic E-state index is 11.5. The monoisotopic (exact) mass is 374 g/mol. The second-order valence-corrected chi connectivity index (χ2v) is 7.03. The number of aromatic nitrogens is 3. The SMILES string of the molecule is Cc1noc(C2=CSC(=C(O)c3cn([P+](=O)[O-])c4ccccc34)N2)n1. The van der Waals surface area contributed by atoms with E-state index in [4.69, 9.17) is 4.52 Å². The van der Waals surface area contributed by atoms with Crippen molar-refractivity contribution in [2.24, 2.45) is 0 Å². The molecule has 10 heteroatoms. The van der Waals surface area contributed by atoms with Gasteiger partial charge in [-0.2, -0.15) is 4.98 Å². The van der Waals surface area contributed by atoms with Crippen LogP contribution in [-0.4, -0.2) is 19.6 Å². The Balaban J connectivity index is 1.75. The topological polar surface area (TPSA) is 116 Å². The van der Waals surface area contributed by atoms with E-state index in [2.05, 4.69) is 15.5 Å². The van der Waals surface area contributed by atoms with Gasteiger partial charge in [0.1, 0.15) is 10.7 Å². The lowest BCUT2D eigenvalue weighted by molar-refractivity contribution is -0.166. The fraction of sp³-hybridized carbons (Fsp3) is 0.0667. The number of aliphatic hydroxyl groups is 1. The van der Waals surface area contributed by atoms with E-state index >= 15 is 0 Å². The molecule has 1 atom stereocenters. The molecule has 2 aromatic heterocycles. The van der Waals surface area contributed by atoms with Crippen LogP contribution in [0.3, 0.4) is 0 Å². The van der Waals surface area contributed by atoms with Crippen LogP contribution >= 0.6 is 19.9 Å². The summed E-state index contributed by atoms with van der Waals surface area (Å²) in [4.78, 5) is 15.6. The molecule has 3 aromatic rings. The van der Waals surface area contributed by atoms with E-state index in [0.717, 1.165) is 4.34 Å². The normalized spacial score (nSPS) is 16.7. The Bertz CT molecular complexity index is 1070. The van der Waals surface area contributed by atoms with Crippen molar-refractivity contribution in [3.63, 3.8) is 0 Å². The number of aliphatic hydroxyl groups excluding tert-OH is 1. The van der Waals surface area contributed by atoms with Gasteiger partial charge in [0.15, 0.2) is 11.6 Å². The van der Waals surface area contributed by atoms with Crippen LogP contribution in [0.1, 0.15) is 17.3 Å². The molecule has 2 N–H and O–H groups in total. The third kappa shape index (κ3) is 2.72. The number of nitrogens with one attached hydrogen (secondary N) is 1. The molecular weight excluding hydrogens is 363 g/mol. The number of aryl methyl sites for hydroxylation is 1. The van der Waals surface area contributed by atoms with E-state index in [1.807, 2.05) is 0 Å². The van der Waals surface area contributed by atoms with Gasteiger partial charge in [0.25, 0.3) is 5.89 Å². The number of nitrogens with zero attached hydrogens (tertiary/aromatic N) is 3. The number of para-hydroxylation sites is 1. The van der Waals surface area contributed by atoms with Crippen LogP contribution in [0.4, 0.5) is 0 Å². The first-order valence-corrected chi connectivity index (χ1v) is 9.18. The maximum Gasteiger partial charge on any atom is 0.444 e. The summed E-state index contributed by atoms with van der Waals surface area (Å²) in [5.74, 6) is 0.767. The maximum absolute atomic E-state index is 11.5. The van der Waals surface area contributed by atoms with Crippen molar-refractivity contribution in [3.05, 3.63) is 58.2 Å². The van der Waals surface area contributed by atoms with E-state index in [0.29, 0.717) is 38.9 Å². The number of hydrogen-bond donors (Lipinski definition) is 2. The summed E-state index contributed by atoms with van der Waals surface area (Å²) in [6.07, 6.45) is 1.40. The summed E-state index contributed by atoms with van der Waals surface area (Å²) in [7, 11) is -2.84. The first kappa shape index (κ1) is 15.9. The van der Waals surface area contributed by atoms with Gasteiger partial charge in [-0.05, 0) is 17.6 Å². The highest BCUT2D eigenvalue weighted by Crippen LogP contribution is 2.37. The number of hydrogen-bond acceptors (Lipinski definition) is 8. The Morgan fingerprint density at radius 1 is 1.44 bits per heavy atom. The molecule has 126 valence electrons. The lowest BCUT2D eigenvalue weighted by Gasteiger charge is -2.04. The molecule has 0 saturated heterocycles. The molecule has 0 aliphatic carbocycles. The zero-order valence-corrected chi connectivity index (χ0v) is 14.5. The third-order valence-corrected chi connectivity index (χ3v) is 5.21. The smallest absolute Gasteiger partial charge is 0.444 e. The molecule has 0 amide bonds. The van der Waals surface area contributed by atoms with E-state index in [-0.39, 0.29) is 5.76 Å². The zero-order chi connectivity index (χ0) is 17.6. The van der Waals surface area contributed by atoms with Crippen molar-refractivity contribution in [3.8, 4) is 0 Å². The van der Waals surface area contributed by atoms with Crippen molar-refractivity contribution in [1.82, 2.24) is 19.8 Å². The molecule has 1 aliphatic rings. The second kappa shape index (κ2) is 6.03. The highest BCUT2D eigenvalue weighted by molar-refractivity contribution is 8.06. The molecule has 0 spiro atoms. The highest BCUT2D eigenvalue weighted by atomic mass is 32.2. The van der Waals surface area contributed by atoms with Crippen LogP contribution in [0.25, 0.3) is 22.4 Å². The molecule has 0 bridgehead atoms. The second-order valence-electron chi connectivity index (χ2n) is 5.24. The molecule has 0 fully saturated rings. The van der Waals surface area contributed by atoms with Crippen molar-refractivity contribution in [2.45, 2.75) is 6.92 Å². The van der Waals surface area contributed by atoms with Crippen molar-refractivity contribution in [2.75, 3.05) is 0 Å². The Morgan fingerprint density at radius 2 is 2.24 bits per heavy atom. The van der Waals surface area contributed by atoms with Crippen molar-refractivity contribution in [1.29, 1.82) is 0 Å². The number of fused-ring (bicyclic) bond motifs is 1. The Kier molecular flexibility index (Phi) is 3.84. The van der Waals surface area contributed by atoms with Crippen LogP contribution in [0, 0.1) is 6.92 Å². The van der Waals surface area contributed by atoms with Gasteiger partial charge in [-0.15, -0.1) is 4.34 Å². The summed E-state index contributed by atoms with van der Waals surface area (Å²) in [6, 6.07) is 6.96. The van der Waals surface area contributed by atoms with Crippen molar-refractivity contribution < 1.29 is 19.1 Å². The van der Waals surface area contributed by atoms with Gasteiger partial charge < -0.3 is 19.8 Å². The van der Waals surface area contributed by atoms with E-state index < -0.39 is 8.18 Å². The molecule has 1 unspecified atom stereocenters. The fourth-order valence-corrected chi connectivity index (χ4v) is 3.88. The molecule has 3 heterocycles. The van der Waals surface area contributed by atoms with E-state index in [1.54, 1.807) is 36.6 Å². The summed E-state index contributed by atoms with van der Waals surface area (Å²) in [5.41, 5.74) is 1.50. The summed E-state index contributed by atoms with van der Waals surface area (Å²) in [5, 5.41) is 20.2. The van der Waals surface area contributed by atoms with E-state index in [1.165, 1.54) is 18.0 Å². The molecule has 4 rings (SSSR count). The predicted molar refractivity (Wildman–Crippen MR) is 92.2 cm³/mol. The fourth-order valence-electron chi connectivity index (χ4n) is 2.53. The Morgan fingerprint density at radius 3 is 2.96 bits per heavy atom. The molecule has 1 aromatic carbocycles. The average Bonchev–Trinajstić information content (AvgIpc) is 3.31. The van der Waals surface area contributed by atoms with Gasteiger partial charge in [0.2, 0.25) is 0 Å². The minimum absolute atomic E-state index is 0.0562. The largest absolute Gasteiger partial charge is 0.573 e. The molecule has 0 radical (unpaired) electrons. The molecule has 0 saturated carbocycles. The summed E-state index contributed by atoms with van der Waals surface area (Å²) in [6.45, 7) is 1.71. The minimum Gasteiger partial charge on any atom is -0.573 e. The molecule has 25 heavy (non-hydrogen) atoms. The summed E-state index contributed by atoms with van der Waals surface area (Å²) >= 11 is 1.25. The first-order chi connectivity index (χ1) is 12.0. The van der Waals surface area contributed by atoms with Crippen LogP contribution in [0.15, 0.2) is 45.4 Å².